The van der Waals surface area contributed by atoms with E-state index in [1.54, 1.807) is 12.1 Å². The minimum absolute atomic E-state index is 0.203. The zero-order valence-corrected chi connectivity index (χ0v) is 10.8. The van der Waals surface area contributed by atoms with E-state index >= 15 is 0 Å². The van der Waals surface area contributed by atoms with E-state index in [2.05, 4.69) is 0 Å². The number of aliphatic hydroxyl groups excluding tert-OH is 3. The smallest absolute Gasteiger partial charge is 0.340 e. The van der Waals surface area contributed by atoms with Gasteiger partial charge in [-0.25, -0.2) is 4.79 Å². The fraction of sp³-hybridized carbons (Fsp3) is 0.462. The van der Waals surface area contributed by atoms with Gasteiger partial charge in [-0.05, 0) is 25.1 Å². The Labute approximate surface area is 115 Å². The summed E-state index contributed by atoms with van der Waals surface area (Å²) in [5.74, 6) is -0.739. The number of rotatable bonds is 2. The van der Waals surface area contributed by atoms with Crippen LogP contribution in [0.5, 0.6) is 0 Å². The van der Waals surface area contributed by atoms with Crippen LogP contribution in [0, 0.1) is 0 Å². The molecular weight excluding hydrogens is 266 g/mol. The van der Waals surface area contributed by atoms with Crippen LogP contribution in [0.1, 0.15) is 17.3 Å². The van der Waals surface area contributed by atoms with Crippen LogP contribution in [0.15, 0.2) is 24.3 Å². The van der Waals surface area contributed by atoms with E-state index in [1.807, 2.05) is 0 Å². The Morgan fingerprint density at radius 3 is 2.60 bits per heavy atom. The van der Waals surface area contributed by atoms with E-state index in [-0.39, 0.29) is 5.56 Å². The first-order valence-electron chi connectivity index (χ1n) is 6.16. The number of esters is 1. The maximum atomic E-state index is 11.9. The van der Waals surface area contributed by atoms with Gasteiger partial charge in [0.15, 0.2) is 0 Å². The van der Waals surface area contributed by atoms with Gasteiger partial charge in [0.25, 0.3) is 0 Å². The molecule has 0 bridgehead atoms. The summed E-state index contributed by atoms with van der Waals surface area (Å²) in [6, 6.07) is 6.13. The molecule has 1 heterocycles. The molecule has 0 spiro atoms. The molecule has 1 aromatic rings. The lowest BCUT2D eigenvalue weighted by atomic mass is 10.00. The third-order valence-electron chi connectivity index (χ3n) is 3.15. The summed E-state index contributed by atoms with van der Waals surface area (Å²) < 4.78 is 10.2. The zero-order valence-electron chi connectivity index (χ0n) is 10.8. The number of aliphatic hydroxyl groups is 3. The number of carbonyl (C=O) groups excluding carboxylic acids is 1. The SMILES string of the molecule is C[C@@H]1O[C@@H](OC(=O)c2cccc(N)c2)[C@H](O)[C@H](O)[C@H]1O. The molecule has 5 atom stereocenters. The summed E-state index contributed by atoms with van der Waals surface area (Å²) >= 11 is 0. The number of ether oxygens (including phenoxy) is 2. The summed E-state index contributed by atoms with van der Waals surface area (Å²) in [6.45, 7) is 1.50. The molecule has 1 aromatic carbocycles. The quantitative estimate of drug-likeness (QED) is 0.416. The highest BCUT2D eigenvalue weighted by Crippen LogP contribution is 2.22. The minimum atomic E-state index is -1.52. The van der Waals surface area contributed by atoms with Crippen molar-refractivity contribution >= 4 is 11.7 Å². The second kappa shape index (κ2) is 5.76. The van der Waals surface area contributed by atoms with Crippen LogP contribution in [0.4, 0.5) is 5.69 Å². The van der Waals surface area contributed by atoms with Crippen LogP contribution in [0.3, 0.4) is 0 Å². The third-order valence-corrected chi connectivity index (χ3v) is 3.15. The average Bonchev–Trinajstić information content (AvgIpc) is 2.42. The number of nitrogens with two attached hydrogens (primary N) is 1. The van der Waals surface area contributed by atoms with E-state index in [0.717, 1.165) is 0 Å². The van der Waals surface area contributed by atoms with Crippen LogP contribution in [0.2, 0.25) is 0 Å². The molecule has 20 heavy (non-hydrogen) atoms. The molecule has 5 N–H and O–H groups in total. The summed E-state index contributed by atoms with van der Waals surface area (Å²) in [7, 11) is 0. The van der Waals surface area contributed by atoms with E-state index in [4.69, 9.17) is 15.2 Å². The summed E-state index contributed by atoms with van der Waals surface area (Å²) in [5.41, 5.74) is 6.16. The fourth-order valence-corrected chi connectivity index (χ4v) is 1.95. The molecule has 2 rings (SSSR count). The van der Waals surface area contributed by atoms with Gasteiger partial charge in [0.05, 0.1) is 11.7 Å². The van der Waals surface area contributed by atoms with Gasteiger partial charge < -0.3 is 30.5 Å². The number of hydrogen-bond acceptors (Lipinski definition) is 7. The Bertz CT molecular complexity index is 494. The lowest BCUT2D eigenvalue weighted by molar-refractivity contribution is -0.276. The normalized spacial score (nSPS) is 33.7. The van der Waals surface area contributed by atoms with Crippen molar-refractivity contribution in [1.29, 1.82) is 0 Å². The monoisotopic (exact) mass is 283 g/mol. The molecule has 0 aliphatic carbocycles. The van der Waals surface area contributed by atoms with Gasteiger partial charge in [-0.2, -0.15) is 0 Å². The average molecular weight is 283 g/mol. The first kappa shape index (κ1) is 14.7. The Balaban J connectivity index is 2.07. The van der Waals surface area contributed by atoms with Crippen molar-refractivity contribution in [2.24, 2.45) is 0 Å². The zero-order chi connectivity index (χ0) is 14.9. The van der Waals surface area contributed by atoms with Gasteiger partial charge in [-0.15, -0.1) is 0 Å². The summed E-state index contributed by atoms with van der Waals surface area (Å²) in [5, 5.41) is 28.9. The molecule has 1 fully saturated rings. The molecule has 110 valence electrons. The van der Waals surface area contributed by atoms with Crippen molar-refractivity contribution in [3.63, 3.8) is 0 Å². The number of nitrogen functional groups attached to an aromatic ring is 1. The molecule has 0 radical (unpaired) electrons. The Hall–Kier alpha value is -1.67. The van der Waals surface area contributed by atoms with Crippen LogP contribution in [0.25, 0.3) is 0 Å². The third kappa shape index (κ3) is 2.91. The number of anilines is 1. The second-order valence-corrected chi connectivity index (χ2v) is 4.71. The number of carbonyl (C=O) groups is 1. The summed E-state index contributed by atoms with van der Waals surface area (Å²) in [4.78, 5) is 11.9. The molecule has 0 amide bonds. The Morgan fingerprint density at radius 1 is 1.25 bits per heavy atom. The molecule has 7 nitrogen and oxygen atoms in total. The maximum absolute atomic E-state index is 11.9. The van der Waals surface area contributed by atoms with Crippen molar-refractivity contribution in [3.05, 3.63) is 29.8 Å². The van der Waals surface area contributed by atoms with E-state index in [0.29, 0.717) is 5.69 Å². The Kier molecular flexibility index (Phi) is 4.24. The minimum Gasteiger partial charge on any atom is -0.429 e. The van der Waals surface area contributed by atoms with Gasteiger partial charge in [-0.1, -0.05) is 6.07 Å². The molecule has 1 aliphatic heterocycles. The molecule has 0 saturated carbocycles. The first-order chi connectivity index (χ1) is 9.40. The van der Waals surface area contributed by atoms with Gasteiger partial charge in [0, 0.05) is 5.69 Å². The maximum Gasteiger partial charge on any atom is 0.340 e. The standard InChI is InChI=1S/C13H17NO6/c1-6-9(15)10(16)11(17)13(19-6)20-12(18)7-3-2-4-8(14)5-7/h2-6,9-11,13,15-17H,14H2,1H3/t6-,9-,10+,11+,13-/m0/s1. The van der Waals surface area contributed by atoms with Crippen molar-refractivity contribution in [2.75, 3.05) is 5.73 Å². The fourth-order valence-electron chi connectivity index (χ4n) is 1.95. The Morgan fingerprint density at radius 2 is 1.95 bits per heavy atom. The topological polar surface area (TPSA) is 122 Å². The number of benzene rings is 1. The molecule has 0 unspecified atom stereocenters. The lowest BCUT2D eigenvalue weighted by Gasteiger charge is -2.38. The van der Waals surface area contributed by atoms with E-state index in [9.17, 15) is 20.1 Å². The predicted molar refractivity (Wildman–Crippen MR) is 68.6 cm³/mol. The predicted octanol–water partition coefficient (Wildman–Crippen LogP) is -0.747. The number of hydrogen-bond donors (Lipinski definition) is 4. The van der Waals surface area contributed by atoms with Crippen molar-refractivity contribution in [2.45, 2.75) is 37.6 Å². The lowest BCUT2D eigenvalue weighted by Crippen LogP contribution is -2.57. The van der Waals surface area contributed by atoms with Crippen molar-refractivity contribution in [1.82, 2.24) is 0 Å². The highest BCUT2D eigenvalue weighted by atomic mass is 16.7. The largest absolute Gasteiger partial charge is 0.429 e. The molecular formula is C13H17NO6. The summed E-state index contributed by atoms with van der Waals surface area (Å²) in [6.07, 6.45) is -6.33. The van der Waals surface area contributed by atoms with Gasteiger partial charge >= 0.3 is 5.97 Å². The van der Waals surface area contributed by atoms with Crippen LogP contribution >= 0.6 is 0 Å². The van der Waals surface area contributed by atoms with Crippen LogP contribution < -0.4 is 5.73 Å². The second-order valence-electron chi connectivity index (χ2n) is 4.71. The molecule has 1 saturated heterocycles. The molecule has 1 aliphatic rings. The molecule has 0 aromatic heterocycles. The van der Waals surface area contributed by atoms with E-state index < -0.39 is 36.7 Å². The highest BCUT2D eigenvalue weighted by Gasteiger charge is 2.43. The molecule has 7 heteroatoms. The first-order valence-corrected chi connectivity index (χ1v) is 6.16. The van der Waals surface area contributed by atoms with Crippen molar-refractivity contribution < 1.29 is 29.6 Å². The van der Waals surface area contributed by atoms with Gasteiger partial charge in [0.2, 0.25) is 6.29 Å². The van der Waals surface area contributed by atoms with Crippen LogP contribution in [-0.4, -0.2) is 52.0 Å². The van der Waals surface area contributed by atoms with Gasteiger partial charge in [0.1, 0.15) is 18.3 Å². The highest BCUT2D eigenvalue weighted by molar-refractivity contribution is 5.90. The van der Waals surface area contributed by atoms with Crippen molar-refractivity contribution in [3.8, 4) is 0 Å². The van der Waals surface area contributed by atoms with Crippen LogP contribution in [-0.2, 0) is 9.47 Å². The van der Waals surface area contributed by atoms with Gasteiger partial charge in [-0.3, -0.25) is 0 Å². The van der Waals surface area contributed by atoms with E-state index in [1.165, 1.54) is 19.1 Å².